The van der Waals surface area contributed by atoms with Crippen LogP contribution in [0.15, 0.2) is 30.6 Å². The van der Waals surface area contributed by atoms with Crippen molar-refractivity contribution in [3.05, 3.63) is 47.8 Å². The first-order valence-electron chi connectivity index (χ1n) is 15.6. The van der Waals surface area contributed by atoms with E-state index >= 15 is 0 Å². The summed E-state index contributed by atoms with van der Waals surface area (Å²) in [5, 5.41) is 0. The highest BCUT2D eigenvalue weighted by Crippen LogP contribution is 2.38. The number of piperidine rings is 1. The number of hydrogen-bond donors (Lipinski definition) is 0. The average Bonchev–Trinajstić information content (AvgIpc) is 3.35. The van der Waals surface area contributed by atoms with Crippen LogP contribution in [0, 0.1) is 29.4 Å². The summed E-state index contributed by atoms with van der Waals surface area (Å²) >= 11 is 0. The Labute approximate surface area is 259 Å². The van der Waals surface area contributed by atoms with Gasteiger partial charge >= 0.3 is 12.1 Å². The molecular formula is C33H46F2N4O5. The van der Waals surface area contributed by atoms with Gasteiger partial charge in [-0.05, 0) is 83.3 Å². The van der Waals surface area contributed by atoms with Gasteiger partial charge in [-0.3, -0.25) is 4.79 Å². The van der Waals surface area contributed by atoms with E-state index in [0.29, 0.717) is 61.9 Å². The smallest absolute Gasteiger partial charge is 0.410 e. The van der Waals surface area contributed by atoms with E-state index in [9.17, 15) is 18.4 Å². The number of halogens is 2. The maximum atomic E-state index is 14.8. The van der Waals surface area contributed by atoms with Crippen LogP contribution >= 0.6 is 0 Å². The number of nitrogens with zero attached hydrogens (tertiary/aromatic N) is 4. The Morgan fingerprint density at radius 2 is 1.73 bits per heavy atom. The first-order chi connectivity index (χ1) is 20.8. The standard InChI is InChI=1S/C33H46F2N4O5/c1-21(2)43-32(41)38-12-9-23(10-13-38)22(3)11-14-42-26-17-36-31(37-18-26)39-19-24(15-30(40)44-33(4,5)6)28(20-39)27-8-7-25(34)16-29(27)35/h7-8,16-18,21-24,28H,9-15,19-20H2,1-6H3/t22-,24+,28+/m1/s1. The maximum Gasteiger partial charge on any atom is 0.410 e. The fraction of sp³-hybridized carbons (Fsp3) is 0.636. The van der Waals surface area contributed by atoms with Crippen LogP contribution in [-0.4, -0.2) is 71.4 Å². The number of aromatic nitrogens is 2. The second-order valence-electron chi connectivity index (χ2n) is 13.3. The lowest BCUT2D eigenvalue weighted by atomic mass is 9.84. The number of hydrogen-bond acceptors (Lipinski definition) is 8. The second kappa shape index (κ2) is 14.5. The van der Waals surface area contributed by atoms with Crippen molar-refractivity contribution in [1.82, 2.24) is 14.9 Å². The van der Waals surface area contributed by atoms with Crippen molar-refractivity contribution in [2.45, 2.75) is 84.8 Å². The molecule has 0 bridgehead atoms. The predicted octanol–water partition coefficient (Wildman–Crippen LogP) is 6.37. The van der Waals surface area contributed by atoms with Crippen molar-refractivity contribution < 1.29 is 32.6 Å². The number of amides is 1. The Morgan fingerprint density at radius 3 is 2.34 bits per heavy atom. The topological polar surface area (TPSA) is 94.1 Å². The van der Waals surface area contributed by atoms with Gasteiger partial charge in [-0.25, -0.2) is 23.5 Å². The van der Waals surface area contributed by atoms with E-state index in [1.165, 1.54) is 12.1 Å². The fourth-order valence-electron chi connectivity index (χ4n) is 6.07. The van der Waals surface area contributed by atoms with Crippen LogP contribution in [0.25, 0.3) is 0 Å². The molecule has 4 rings (SSSR count). The van der Waals surface area contributed by atoms with Crippen molar-refractivity contribution in [3.63, 3.8) is 0 Å². The summed E-state index contributed by atoms with van der Waals surface area (Å²) in [5.41, 5.74) is -0.277. The molecule has 11 heteroatoms. The van der Waals surface area contributed by atoms with Gasteiger partial charge in [-0.15, -0.1) is 0 Å². The number of anilines is 1. The normalized spacial score (nSPS) is 20.1. The average molecular weight is 617 g/mol. The van der Waals surface area contributed by atoms with Crippen molar-refractivity contribution >= 4 is 18.0 Å². The zero-order valence-corrected chi connectivity index (χ0v) is 26.7. The Bertz CT molecular complexity index is 1260. The van der Waals surface area contributed by atoms with Crippen LogP contribution in [0.1, 0.15) is 78.7 Å². The third-order valence-electron chi connectivity index (χ3n) is 8.33. The van der Waals surface area contributed by atoms with Crippen molar-refractivity contribution in [2.75, 3.05) is 37.7 Å². The zero-order chi connectivity index (χ0) is 32.0. The van der Waals surface area contributed by atoms with Crippen LogP contribution in [0.5, 0.6) is 5.75 Å². The van der Waals surface area contributed by atoms with E-state index in [1.807, 2.05) is 18.7 Å². The van der Waals surface area contributed by atoms with Gasteiger partial charge in [0.2, 0.25) is 5.95 Å². The van der Waals surface area contributed by atoms with E-state index in [2.05, 4.69) is 16.9 Å². The predicted molar refractivity (Wildman–Crippen MR) is 162 cm³/mol. The summed E-state index contributed by atoms with van der Waals surface area (Å²) in [7, 11) is 0. The summed E-state index contributed by atoms with van der Waals surface area (Å²) in [4.78, 5) is 37.5. The van der Waals surface area contributed by atoms with Gasteiger partial charge in [0.15, 0.2) is 5.75 Å². The van der Waals surface area contributed by atoms with Gasteiger partial charge in [-0.2, -0.15) is 0 Å². The molecular weight excluding hydrogens is 570 g/mol. The first-order valence-corrected chi connectivity index (χ1v) is 15.6. The first kappa shape index (κ1) is 33.4. The molecule has 3 heterocycles. The quantitative estimate of drug-likeness (QED) is 0.285. The van der Waals surface area contributed by atoms with Gasteiger partial charge < -0.3 is 24.0 Å². The van der Waals surface area contributed by atoms with Crippen molar-refractivity contribution in [3.8, 4) is 5.75 Å². The molecule has 0 N–H and O–H groups in total. The van der Waals surface area contributed by atoms with Gasteiger partial charge in [0.05, 0.1) is 31.5 Å². The molecule has 0 unspecified atom stereocenters. The van der Waals surface area contributed by atoms with Gasteiger partial charge in [0.1, 0.15) is 17.2 Å². The van der Waals surface area contributed by atoms with Crippen LogP contribution in [-0.2, 0) is 14.3 Å². The Kier molecular flexibility index (Phi) is 11.0. The van der Waals surface area contributed by atoms with E-state index < -0.39 is 17.2 Å². The molecule has 2 saturated heterocycles. The molecule has 9 nitrogen and oxygen atoms in total. The summed E-state index contributed by atoms with van der Waals surface area (Å²) in [6.45, 7) is 14.1. The maximum absolute atomic E-state index is 14.8. The van der Waals surface area contributed by atoms with Crippen molar-refractivity contribution in [1.29, 1.82) is 0 Å². The van der Waals surface area contributed by atoms with E-state index in [4.69, 9.17) is 14.2 Å². The lowest BCUT2D eigenvalue weighted by Crippen LogP contribution is -2.41. The minimum atomic E-state index is -0.646. The molecule has 0 radical (unpaired) electrons. The van der Waals surface area contributed by atoms with Crippen molar-refractivity contribution in [2.24, 2.45) is 17.8 Å². The minimum Gasteiger partial charge on any atom is -0.490 e. The molecule has 2 aromatic rings. The summed E-state index contributed by atoms with van der Waals surface area (Å²) in [6.07, 6.45) is 5.75. The summed E-state index contributed by atoms with van der Waals surface area (Å²) < 4.78 is 45.2. The molecule has 1 amide bonds. The molecule has 0 saturated carbocycles. The fourth-order valence-corrected chi connectivity index (χ4v) is 6.07. The molecule has 44 heavy (non-hydrogen) atoms. The van der Waals surface area contributed by atoms with Crippen LogP contribution < -0.4 is 9.64 Å². The van der Waals surface area contributed by atoms with Crippen LogP contribution in [0.3, 0.4) is 0 Å². The number of benzene rings is 1. The number of ether oxygens (including phenoxy) is 3. The van der Waals surface area contributed by atoms with Gasteiger partial charge in [-0.1, -0.05) is 13.0 Å². The van der Waals surface area contributed by atoms with Crippen LogP contribution in [0.2, 0.25) is 0 Å². The molecule has 2 fully saturated rings. The third kappa shape index (κ3) is 9.25. The molecule has 242 valence electrons. The number of carbonyl (C=O) groups excluding carboxylic acids is 2. The van der Waals surface area contributed by atoms with E-state index in [-0.39, 0.29) is 36.4 Å². The molecule has 0 aliphatic carbocycles. The van der Waals surface area contributed by atoms with Gasteiger partial charge in [0.25, 0.3) is 0 Å². The highest BCUT2D eigenvalue weighted by Gasteiger charge is 2.38. The molecule has 2 aliphatic rings. The summed E-state index contributed by atoms with van der Waals surface area (Å²) in [5.74, 6) is -0.316. The summed E-state index contributed by atoms with van der Waals surface area (Å²) in [6, 6.07) is 3.56. The lowest BCUT2D eigenvalue weighted by molar-refractivity contribution is -0.155. The largest absolute Gasteiger partial charge is 0.490 e. The third-order valence-corrected chi connectivity index (χ3v) is 8.33. The van der Waals surface area contributed by atoms with Crippen LogP contribution in [0.4, 0.5) is 19.5 Å². The molecule has 3 atom stereocenters. The number of carbonyl (C=O) groups is 2. The Balaban J connectivity index is 1.31. The molecule has 2 aliphatic heterocycles. The molecule has 1 aromatic heterocycles. The van der Waals surface area contributed by atoms with Gasteiger partial charge in [0, 0.05) is 38.2 Å². The highest BCUT2D eigenvalue weighted by atomic mass is 19.1. The molecule has 1 aromatic carbocycles. The molecule has 0 spiro atoms. The highest BCUT2D eigenvalue weighted by molar-refractivity contribution is 5.70. The second-order valence-corrected chi connectivity index (χ2v) is 13.3. The monoisotopic (exact) mass is 616 g/mol. The number of esters is 1. The Hall–Kier alpha value is -3.50. The van der Waals surface area contributed by atoms with E-state index in [1.54, 1.807) is 38.1 Å². The minimum absolute atomic E-state index is 0.0929. The number of likely N-dealkylation sites (tertiary alicyclic amines) is 1. The zero-order valence-electron chi connectivity index (χ0n) is 26.7. The van der Waals surface area contributed by atoms with E-state index in [0.717, 1.165) is 25.3 Å². The Morgan fingerprint density at radius 1 is 1.05 bits per heavy atom. The lowest BCUT2D eigenvalue weighted by Gasteiger charge is -2.34. The SMILES string of the molecule is CC(C)OC(=O)N1CCC([C@H](C)CCOc2cnc(N3C[C@H](CC(=O)OC(C)(C)C)[C@@H](c4ccc(F)cc4F)C3)nc2)CC1. The number of rotatable bonds is 10.